The molecule has 1 atom stereocenters. The van der Waals surface area contributed by atoms with Crippen LogP contribution < -0.4 is 0 Å². The summed E-state index contributed by atoms with van der Waals surface area (Å²) in [6.45, 7) is 0. The van der Waals surface area contributed by atoms with Crippen LogP contribution in [-0.2, 0) is 20.3 Å². The molecule has 0 N–H and O–H groups in total. The number of ether oxygens (including phenoxy) is 2. The Bertz CT molecular complexity index is 174. The van der Waals surface area contributed by atoms with E-state index in [9.17, 15) is 4.21 Å². The molecule has 4 heteroatoms. The highest BCUT2D eigenvalue weighted by Crippen LogP contribution is 2.22. The zero-order chi connectivity index (χ0) is 10.4. The average molecular weight is 220 g/mol. The molecule has 1 fully saturated rings. The first-order chi connectivity index (χ1) is 6.77. The van der Waals surface area contributed by atoms with Crippen molar-refractivity contribution in [1.29, 1.82) is 0 Å². The Morgan fingerprint density at radius 1 is 1.21 bits per heavy atom. The van der Waals surface area contributed by atoms with Crippen LogP contribution in [0.4, 0.5) is 0 Å². The standard InChI is InChI=1S/C10H20O3S/c1-12-10(13-2)8-14(11)9-6-4-3-5-7-9/h9-10H,3-8H2,1-2H3. The maximum absolute atomic E-state index is 11.9. The molecular formula is C10H20O3S. The van der Waals surface area contributed by atoms with E-state index in [1.165, 1.54) is 19.3 Å². The van der Waals surface area contributed by atoms with Crippen molar-refractivity contribution < 1.29 is 13.7 Å². The smallest absolute Gasteiger partial charge is 0.168 e. The Labute approximate surface area is 88.6 Å². The van der Waals surface area contributed by atoms with E-state index in [1.54, 1.807) is 14.2 Å². The van der Waals surface area contributed by atoms with Crippen LogP contribution >= 0.6 is 0 Å². The van der Waals surface area contributed by atoms with Crippen molar-refractivity contribution in [3.05, 3.63) is 0 Å². The van der Waals surface area contributed by atoms with Gasteiger partial charge in [-0.1, -0.05) is 19.3 Å². The largest absolute Gasteiger partial charge is 0.355 e. The Morgan fingerprint density at radius 2 is 1.79 bits per heavy atom. The zero-order valence-corrected chi connectivity index (χ0v) is 9.85. The molecule has 1 aliphatic carbocycles. The van der Waals surface area contributed by atoms with E-state index in [1.807, 2.05) is 0 Å². The molecule has 0 aromatic carbocycles. The van der Waals surface area contributed by atoms with E-state index in [2.05, 4.69) is 0 Å². The third-order valence-corrected chi connectivity index (χ3v) is 4.57. The first kappa shape index (κ1) is 12.1. The Morgan fingerprint density at radius 3 is 2.29 bits per heavy atom. The van der Waals surface area contributed by atoms with Gasteiger partial charge in [-0.15, -0.1) is 0 Å². The van der Waals surface area contributed by atoms with Crippen molar-refractivity contribution in [3.8, 4) is 0 Å². The lowest BCUT2D eigenvalue weighted by atomic mass is 10.0. The molecule has 3 nitrogen and oxygen atoms in total. The van der Waals surface area contributed by atoms with Gasteiger partial charge in [0.15, 0.2) is 6.29 Å². The van der Waals surface area contributed by atoms with Crippen molar-refractivity contribution >= 4 is 10.8 Å². The van der Waals surface area contributed by atoms with Gasteiger partial charge in [-0.25, -0.2) is 0 Å². The Hall–Kier alpha value is 0.0700. The molecule has 0 aromatic rings. The van der Waals surface area contributed by atoms with Gasteiger partial charge in [0, 0.05) is 30.3 Å². The van der Waals surface area contributed by atoms with Gasteiger partial charge in [-0.3, -0.25) is 4.21 Å². The fourth-order valence-corrected chi connectivity index (χ4v) is 3.50. The maximum atomic E-state index is 11.9. The summed E-state index contributed by atoms with van der Waals surface area (Å²) in [6.07, 6.45) is 5.64. The summed E-state index contributed by atoms with van der Waals surface area (Å²) in [5, 5.41) is 0.372. The summed E-state index contributed by atoms with van der Waals surface area (Å²) in [5.41, 5.74) is 0. The molecule has 0 amide bonds. The lowest BCUT2D eigenvalue weighted by Gasteiger charge is -2.22. The van der Waals surface area contributed by atoms with Crippen molar-refractivity contribution in [2.45, 2.75) is 43.6 Å². The van der Waals surface area contributed by atoms with Gasteiger partial charge in [-0.05, 0) is 12.8 Å². The third-order valence-electron chi connectivity index (χ3n) is 2.75. The van der Waals surface area contributed by atoms with E-state index in [0.29, 0.717) is 11.0 Å². The summed E-state index contributed by atoms with van der Waals surface area (Å²) in [4.78, 5) is 0. The van der Waals surface area contributed by atoms with Gasteiger partial charge >= 0.3 is 0 Å². The molecule has 0 heterocycles. The molecule has 14 heavy (non-hydrogen) atoms. The Kier molecular flexibility index (Phi) is 5.67. The van der Waals surface area contributed by atoms with Gasteiger partial charge in [0.1, 0.15) is 0 Å². The number of hydrogen-bond acceptors (Lipinski definition) is 3. The second kappa shape index (κ2) is 6.53. The van der Waals surface area contributed by atoms with Crippen LogP contribution in [0, 0.1) is 0 Å². The third kappa shape index (κ3) is 3.67. The quantitative estimate of drug-likeness (QED) is 0.661. The minimum atomic E-state index is -0.786. The van der Waals surface area contributed by atoms with Crippen LogP contribution in [0.25, 0.3) is 0 Å². The fraction of sp³-hybridized carbons (Fsp3) is 1.00. The molecule has 0 aromatic heterocycles. The summed E-state index contributed by atoms with van der Waals surface area (Å²) >= 11 is 0. The van der Waals surface area contributed by atoms with E-state index in [0.717, 1.165) is 12.8 Å². The average Bonchev–Trinajstić information content (AvgIpc) is 2.26. The molecule has 1 aliphatic rings. The minimum Gasteiger partial charge on any atom is -0.355 e. The summed E-state index contributed by atoms with van der Waals surface area (Å²) < 4.78 is 22.0. The SMILES string of the molecule is COC(CS(=O)C1CCCCC1)OC. The molecule has 0 aliphatic heterocycles. The van der Waals surface area contributed by atoms with Crippen molar-refractivity contribution in [3.63, 3.8) is 0 Å². The van der Waals surface area contributed by atoms with Crippen LogP contribution in [0.5, 0.6) is 0 Å². The van der Waals surface area contributed by atoms with Gasteiger partial charge in [0.05, 0.1) is 5.75 Å². The highest BCUT2D eigenvalue weighted by molar-refractivity contribution is 7.85. The molecule has 84 valence electrons. The first-order valence-corrected chi connectivity index (χ1v) is 6.59. The molecule has 0 saturated heterocycles. The van der Waals surface area contributed by atoms with E-state index in [-0.39, 0.29) is 6.29 Å². The second-order valence-corrected chi connectivity index (χ2v) is 5.47. The van der Waals surface area contributed by atoms with Crippen molar-refractivity contribution in [2.24, 2.45) is 0 Å². The van der Waals surface area contributed by atoms with Gasteiger partial charge in [-0.2, -0.15) is 0 Å². The van der Waals surface area contributed by atoms with Gasteiger partial charge in [0.25, 0.3) is 0 Å². The zero-order valence-electron chi connectivity index (χ0n) is 9.03. The van der Waals surface area contributed by atoms with Crippen LogP contribution in [0.2, 0.25) is 0 Å². The number of rotatable bonds is 5. The highest BCUT2D eigenvalue weighted by Gasteiger charge is 2.22. The maximum Gasteiger partial charge on any atom is 0.168 e. The number of hydrogen-bond donors (Lipinski definition) is 0. The Balaban J connectivity index is 2.32. The van der Waals surface area contributed by atoms with Crippen molar-refractivity contribution in [1.82, 2.24) is 0 Å². The number of methoxy groups -OCH3 is 2. The van der Waals surface area contributed by atoms with E-state index in [4.69, 9.17) is 9.47 Å². The van der Waals surface area contributed by atoms with E-state index >= 15 is 0 Å². The molecule has 1 unspecified atom stereocenters. The van der Waals surface area contributed by atoms with Gasteiger partial charge < -0.3 is 9.47 Å². The predicted molar refractivity (Wildman–Crippen MR) is 57.7 cm³/mol. The normalized spacial score (nSPS) is 21.4. The van der Waals surface area contributed by atoms with E-state index < -0.39 is 10.8 Å². The summed E-state index contributed by atoms with van der Waals surface area (Å²) in [6, 6.07) is 0. The van der Waals surface area contributed by atoms with Crippen LogP contribution in [0.3, 0.4) is 0 Å². The minimum absolute atomic E-state index is 0.308. The summed E-state index contributed by atoms with van der Waals surface area (Å²) in [5.74, 6) is 0.512. The van der Waals surface area contributed by atoms with Crippen LogP contribution in [0.1, 0.15) is 32.1 Å². The monoisotopic (exact) mass is 220 g/mol. The lowest BCUT2D eigenvalue weighted by molar-refractivity contribution is -0.0848. The van der Waals surface area contributed by atoms with Crippen molar-refractivity contribution in [2.75, 3.05) is 20.0 Å². The topological polar surface area (TPSA) is 35.5 Å². The highest BCUT2D eigenvalue weighted by atomic mass is 32.2. The molecule has 0 radical (unpaired) electrons. The molecule has 0 spiro atoms. The van der Waals surface area contributed by atoms with Crippen LogP contribution in [-0.4, -0.2) is 35.7 Å². The molecule has 0 bridgehead atoms. The molecular weight excluding hydrogens is 200 g/mol. The fourth-order valence-electron chi connectivity index (χ4n) is 1.83. The van der Waals surface area contributed by atoms with Crippen LogP contribution in [0.15, 0.2) is 0 Å². The van der Waals surface area contributed by atoms with Gasteiger partial charge in [0.2, 0.25) is 0 Å². The molecule has 1 rings (SSSR count). The second-order valence-electron chi connectivity index (χ2n) is 3.71. The summed E-state index contributed by atoms with van der Waals surface area (Å²) in [7, 11) is 2.39. The predicted octanol–water partition coefficient (Wildman–Crippen LogP) is 1.69. The lowest BCUT2D eigenvalue weighted by Crippen LogP contribution is -2.28. The first-order valence-electron chi connectivity index (χ1n) is 5.20. The molecule has 1 saturated carbocycles.